The van der Waals surface area contributed by atoms with E-state index in [1.807, 2.05) is 42.5 Å². The van der Waals surface area contributed by atoms with Crippen molar-refractivity contribution in [3.05, 3.63) is 82.3 Å². The summed E-state index contributed by atoms with van der Waals surface area (Å²) in [6, 6.07) is 19.1. The fourth-order valence-corrected chi connectivity index (χ4v) is 3.23. The van der Waals surface area contributed by atoms with Crippen molar-refractivity contribution in [1.82, 2.24) is 14.9 Å². The van der Waals surface area contributed by atoms with Crippen LogP contribution in [0.15, 0.2) is 65.5 Å². The van der Waals surface area contributed by atoms with Gasteiger partial charge in [-0.3, -0.25) is 9.69 Å². The van der Waals surface area contributed by atoms with Crippen LogP contribution in [0, 0.1) is 0 Å². The SMILES string of the molecule is O=c1cc(COc2ccccc2)nc(-c2cccc(CN3CCOCC3)c2)[nH]1. The number of nitrogens with one attached hydrogen (secondary N) is 1. The number of para-hydroxylation sites is 1. The molecule has 1 aromatic heterocycles. The molecule has 2 heterocycles. The van der Waals surface area contributed by atoms with E-state index in [0.717, 1.165) is 44.2 Å². The molecular weight excluding hydrogens is 354 g/mol. The highest BCUT2D eigenvalue weighted by molar-refractivity contribution is 5.56. The van der Waals surface area contributed by atoms with Gasteiger partial charge in [0.25, 0.3) is 5.56 Å². The number of hydrogen-bond donors (Lipinski definition) is 1. The zero-order valence-electron chi connectivity index (χ0n) is 15.6. The van der Waals surface area contributed by atoms with Gasteiger partial charge in [0.1, 0.15) is 18.2 Å². The molecule has 0 saturated carbocycles. The molecular formula is C22H23N3O3. The van der Waals surface area contributed by atoms with Gasteiger partial charge < -0.3 is 14.5 Å². The summed E-state index contributed by atoms with van der Waals surface area (Å²) in [5.41, 5.74) is 2.49. The van der Waals surface area contributed by atoms with Crippen molar-refractivity contribution < 1.29 is 9.47 Å². The highest BCUT2D eigenvalue weighted by Crippen LogP contribution is 2.18. The lowest BCUT2D eigenvalue weighted by molar-refractivity contribution is 0.0342. The third kappa shape index (κ3) is 4.85. The van der Waals surface area contributed by atoms with Crippen molar-refractivity contribution in [2.24, 2.45) is 0 Å². The minimum absolute atomic E-state index is 0.185. The predicted molar refractivity (Wildman–Crippen MR) is 107 cm³/mol. The molecule has 144 valence electrons. The average Bonchev–Trinajstić information content (AvgIpc) is 2.74. The molecule has 0 aliphatic carbocycles. The Kier molecular flexibility index (Phi) is 5.80. The summed E-state index contributed by atoms with van der Waals surface area (Å²) in [6.07, 6.45) is 0. The van der Waals surface area contributed by atoms with E-state index in [9.17, 15) is 4.79 Å². The molecule has 6 nitrogen and oxygen atoms in total. The number of H-pyrrole nitrogens is 1. The molecule has 6 heteroatoms. The Hall–Kier alpha value is -2.96. The van der Waals surface area contributed by atoms with Crippen LogP contribution in [0.5, 0.6) is 5.75 Å². The van der Waals surface area contributed by atoms with E-state index < -0.39 is 0 Å². The smallest absolute Gasteiger partial charge is 0.251 e. The van der Waals surface area contributed by atoms with Gasteiger partial charge in [0.2, 0.25) is 0 Å². The van der Waals surface area contributed by atoms with E-state index in [0.29, 0.717) is 11.5 Å². The molecule has 3 aromatic rings. The lowest BCUT2D eigenvalue weighted by atomic mass is 10.1. The van der Waals surface area contributed by atoms with Gasteiger partial charge in [-0.25, -0.2) is 4.98 Å². The number of rotatable bonds is 6. The highest BCUT2D eigenvalue weighted by atomic mass is 16.5. The predicted octanol–water partition coefficient (Wildman–Crippen LogP) is 2.85. The van der Waals surface area contributed by atoms with Crippen LogP contribution < -0.4 is 10.3 Å². The Labute approximate surface area is 163 Å². The lowest BCUT2D eigenvalue weighted by Gasteiger charge is -2.26. The molecule has 1 fully saturated rings. The second-order valence-corrected chi connectivity index (χ2v) is 6.78. The standard InChI is InChI=1S/C22H23N3O3/c26-21-14-19(16-28-20-7-2-1-3-8-20)23-22(24-21)18-6-4-5-17(13-18)15-25-9-11-27-12-10-25/h1-8,13-14H,9-12,15-16H2,(H,23,24,26). The molecule has 28 heavy (non-hydrogen) atoms. The molecule has 1 aliphatic heterocycles. The Morgan fingerprint density at radius 3 is 2.68 bits per heavy atom. The van der Waals surface area contributed by atoms with Crippen molar-refractivity contribution in [1.29, 1.82) is 0 Å². The van der Waals surface area contributed by atoms with Gasteiger partial charge in [-0.2, -0.15) is 0 Å². The fourth-order valence-electron chi connectivity index (χ4n) is 3.23. The average molecular weight is 377 g/mol. The van der Waals surface area contributed by atoms with Crippen molar-refractivity contribution in [3.8, 4) is 17.1 Å². The molecule has 1 aliphatic rings. The minimum Gasteiger partial charge on any atom is -0.487 e. The van der Waals surface area contributed by atoms with Gasteiger partial charge in [0.15, 0.2) is 0 Å². The summed E-state index contributed by atoms with van der Waals surface area (Å²) in [5, 5.41) is 0. The maximum Gasteiger partial charge on any atom is 0.251 e. The number of hydrogen-bond acceptors (Lipinski definition) is 5. The molecule has 1 saturated heterocycles. The first-order valence-electron chi connectivity index (χ1n) is 9.44. The Morgan fingerprint density at radius 1 is 1.04 bits per heavy atom. The molecule has 0 atom stereocenters. The Bertz CT molecular complexity index is 966. The Morgan fingerprint density at radius 2 is 1.86 bits per heavy atom. The first-order valence-corrected chi connectivity index (χ1v) is 9.44. The van der Waals surface area contributed by atoms with Crippen molar-refractivity contribution in [2.75, 3.05) is 26.3 Å². The van der Waals surface area contributed by atoms with E-state index in [1.54, 1.807) is 0 Å². The summed E-state index contributed by atoms with van der Waals surface area (Å²) in [6.45, 7) is 4.53. The molecule has 2 aromatic carbocycles. The van der Waals surface area contributed by atoms with Crippen LogP contribution in [-0.2, 0) is 17.9 Å². The zero-order chi connectivity index (χ0) is 19.2. The molecule has 0 spiro atoms. The van der Waals surface area contributed by atoms with Crippen molar-refractivity contribution in [3.63, 3.8) is 0 Å². The van der Waals surface area contributed by atoms with E-state index in [2.05, 4.69) is 27.0 Å². The normalized spacial score (nSPS) is 14.7. The number of nitrogens with zero attached hydrogens (tertiary/aromatic N) is 2. The first kappa shape index (κ1) is 18.4. The van der Waals surface area contributed by atoms with E-state index in [4.69, 9.17) is 9.47 Å². The fraction of sp³-hybridized carbons (Fsp3) is 0.273. The van der Waals surface area contributed by atoms with Crippen molar-refractivity contribution in [2.45, 2.75) is 13.2 Å². The van der Waals surface area contributed by atoms with Gasteiger partial charge in [0.05, 0.1) is 18.9 Å². The quantitative estimate of drug-likeness (QED) is 0.715. The van der Waals surface area contributed by atoms with Gasteiger partial charge in [-0.05, 0) is 23.8 Å². The monoisotopic (exact) mass is 377 g/mol. The summed E-state index contributed by atoms with van der Waals surface area (Å²) < 4.78 is 11.1. The zero-order valence-corrected chi connectivity index (χ0v) is 15.6. The maximum absolute atomic E-state index is 12.1. The van der Waals surface area contributed by atoms with Gasteiger partial charge in [-0.1, -0.05) is 36.4 Å². The number of aromatic nitrogens is 2. The summed E-state index contributed by atoms with van der Waals surface area (Å²) in [5.74, 6) is 1.31. The largest absolute Gasteiger partial charge is 0.487 e. The van der Waals surface area contributed by atoms with Crippen LogP contribution in [0.25, 0.3) is 11.4 Å². The topological polar surface area (TPSA) is 67.4 Å². The third-order valence-electron chi connectivity index (χ3n) is 4.63. The second-order valence-electron chi connectivity index (χ2n) is 6.78. The van der Waals surface area contributed by atoms with Crippen LogP contribution >= 0.6 is 0 Å². The molecule has 0 unspecified atom stereocenters. The lowest BCUT2D eigenvalue weighted by Crippen LogP contribution is -2.35. The number of ether oxygens (including phenoxy) is 2. The molecule has 0 amide bonds. The number of aromatic amines is 1. The van der Waals surface area contributed by atoms with Crippen molar-refractivity contribution >= 4 is 0 Å². The van der Waals surface area contributed by atoms with Crippen LogP contribution in [0.1, 0.15) is 11.3 Å². The number of benzene rings is 2. The summed E-state index contributed by atoms with van der Waals surface area (Å²) >= 11 is 0. The van der Waals surface area contributed by atoms with Crippen LogP contribution in [-0.4, -0.2) is 41.2 Å². The molecule has 0 bridgehead atoms. The van der Waals surface area contributed by atoms with E-state index >= 15 is 0 Å². The van der Waals surface area contributed by atoms with E-state index in [-0.39, 0.29) is 12.2 Å². The first-order chi connectivity index (χ1) is 13.8. The highest BCUT2D eigenvalue weighted by Gasteiger charge is 2.12. The van der Waals surface area contributed by atoms with Gasteiger partial charge in [0, 0.05) is 31.3 Å². The molecule has 0 radical (unpaired) electrons. The maximum atomic E-state index is 12.1. The van der Waals surface area contributed by atoms with E-state index in [1.165, 1.54) is 11.6 Å². The van der Waals surface area contributed by atoms with Gasteiger partial charge >= 0.3 is 0 Å². The molecule has 1 N–H and O–H groups in total. The number of morpholine rings is 1. The minimum atomic E-state index is -0.185. The Balaban J connectivity index is 1.51. The molecule has 4 rings (SSSR count). The van der Waals surface area contributed by atoms with Gasteiger partial charge in [-0.15, -0.1) is 0 Å². The third-order valence-corrected chi connectivity index (χ3v) is 4.63. The van der Waals surface area contributed by atoms with Crippen LogP contribution in [0.3, 0.4) is 0 Å². The van der Waals surface area contributed by atoms with Crippen LogP contribution in [0.2, 0.25) is 0 Å². The second kappa shape index (κ2) is 8.82. The summed E-state index contributed by atoms with van der Waals surface area (Å²) in [4.78, 5) is 21.9. The summed E-state index contributed by atoms with van der Waals surface area (Å²) in [7, 11) is 0. The van der Waals surface area contributed by atoms with Crippen LogP contribution in [0.4, 0.5) is 0 Å².